The molecule has 0 saturated carbocycles. The van der Waals surface area contributed by atoms with Crippen LogP contribution >= 0.6 is 11.3 Å². The molecule has 0 aliphatic rings. The van der Waals surface area contributed by atoms with E-state index in [1.165, 1.54) is 18.2 Å². The Balaban J connectivity index is 1.81. The maximum absolute atomic E-state index is 11.8. The number of aromatic amines is 1. The molecule has 21 heavy (non-hydrogen) atoms. The average molecular weight is 328 g/mol. The Labute approximate surface area is 124 Å². The van der Waals surface area contributed by atoms with Crippen molar-refractivity contribution in [1.29, 1.82) is 0 Å². The Bertz CT molecular complexity index is 747. The molecule has 0 atom stereocenters. The van der Waals surface area contributed by atoms with E-state index in [1.54, 1.807) is 11.4 Å². The summed E-state index contributed by atoms with van der Waals surface area (Å²) in [7, 11) is -3.53. The highest BCUT2D eigenvalue weighted by Gasteiger charge is 2.14. The number of H-pyrrole nitrogens is 1. The molecular formula is C11H12N4O4S2. The van der Waals surface area contributed by atoms with Crippen molar-refractivity contribution in [3.05, 3.63) is 45.7 Å². The molecule has 10 heteroatoms. The first kappa shape index (κ1) is 15.4. The van der Waals surface area contributed by atoms with Crippen LogP contribution in [-0.4, -0.2) is 37.6 Å². The lowest BCUT2D eigenvalue weighted by Crippen LogP contribution is -2.35. The number of nitrogens with one attached hydrogen (secondary N) is 3. The molecule has 112 valence electrons. The first-order chi connectivity index (χ1) is 9.99. The highest BCUT2D eigenvalue weighted by molar-refractivity contribution is 7.91. The van der Waals surface area contributed by atoms with Crippen LogP contribution in [0.4, 0.5) is 0 Å². The minimum Gasteiger partial charge on any atom is -0.349 e. The summed E-state index contributed by atoms with van der Waals surface area (Å²) in [4.78, 5) is 22.4. The molecule has 1 amide bonds. The SMILES string of the molecule is O=C(NCCNS(=O)(=O)c1cccs1)c1ccc(=O)[nH]n1. The van der Waals surface area contributed by atoms with Crippen molar-refractivity contribution in [1.82, 2.24) is 20.2 Å². The predicted octanol–water partition coefficient (Wildman–Crippen LogP) is -0.460. The number of rotatable bonds is 6. The number of amides is 1. The fourth-order valence-electron chi connectivity index (χ4n) is 1.41. The van der Waals surface area contributed by atoms with Crippen molar-refractivity contribution in [2.45, 2.75) is 4.21 Å². The molecule has 3 N–H and O–H groups in total. The second-order valence-corrected chi connectivity index (χ2v) is 6.83. The minimum absolute atomic E-state index is 0.0509. The van der Waals surface area contributed by atoms with Gasteiger partial charge in [-0.2, -0.15) is 5.10 Å². The van der Waals surface area contributed by atoms with E-state index in [0.717, 1.165) is 11.3 Å². The number of thiophene rings is 1. The molecule has 2 aromatic heterocycles. The standard InChI is InChI=1S/C11H12N4O4S2/c16-9-4-3-8(14-15-9)11(17)12-5-6-13-21(18,19)10-2-1-7-20-10/h1-4,7,13H,5-6H2,(H,12,17)(H,15,16). The van der Waals surface area contributed by atoms with Crippen LogP contribution in [0.2, 0.25) is 0 Å². The maximum Gasteiger partial charge on any atom is 0.271 e. The molecule has 2 heterocycles. The summed E-state index contributed by atoms with van der Waals surface area (Å²) >= 11 is 1.11. The zero-order chi connectivity index (χ0) is 15.3. The molecular weight excluding hydrogens is 316 g/mol. The first-order valence-corrected chi connectivity index (χ1v) is 8.22. The Morgan fingerprint density at radius 2 is 2.10 bits per heavy atom. The van der Waals surface area contributed by atoms with E-state index in [4.69, 9.17) is 0 Å². The largest absolute Gasteiger partial charge is 0.349 e. The molecule has 0 aliphatic carbocycles. The Morgan fingerprint density at radius 3 is 2.71 bits per heavy atom. The van der Waals surface area contributed by atoms with Crippen LogP contribution in [0.3, 0.4) is 0 Å². The van der Waals surface area contributed by atoms with Crippen molar-refractivity contribution < 1.29 is 13.2 Å². The van der Waals surface area contributed by atoms with Crippen LogP contribution in [0.5, 0.6) is 0 Å². The third kappa shape index (κ3) is 4.21. The van der Waals surface area contributed by atoms with Gasteiger partial charge in [-0.3, -0.25) is 9.59 Å². The highest BCUT2D eigenvalue weighted by atomic mass is 32.2. The van der Waals surface area contributed by atoms with Crippen molar-refractivity contribution in [3.63, 3.8) is 0 Å². The Hall–Kier alpha value is -2.04. The average Bonchev–Trinajstić information content (AvgIpc) is 2.99. The lowest BCUT2D eigenvalue weighted by atomic mass is 10.3. The van der Waals surface area contributed by atoms with Crippen molar-refractivity contribution in [3.8, 4) is 0 Å². The topological polar surface area (TPSA) is 121 Å². The van der Waals surface area contributed by atoms with Crippen molar-refractivity contribution in [2.75, 3.05) is 13.1 Å². The minimum atomic E-state index is -3.53. The summed E-state index contributed by atoms with van der Waals surface area (Å²) in [5.74, 6) is -0.499. The maximum atomic E-state index is 11.8. The van der Waals surface area contributed by atoms with Crippen LogP contribution in [0, 0.1) is 0 Å². The lowest BCUT2D eigenvalue weighted by molar-refractivity contribution is 0.0948. The summed E-state index contributed by atoms with van der Waals surface area (Å²) in [5.41, 5.74) is -0.356. The second-order valence-electron chi connectivity index (χ2n) is 3.89. The molecule has 0 unspecified atom stereocenters. The van der Waals surface area contributed by atoms with Gasteiger partial charge in [0, 0.05) is 19.2 Å². The van der Waals surface area contributed by atoms with Gasteiger partial charge in [-0.15, -0.1) is 11.3 Å². The molecule has 0 spiro atoms. The zero-order valence-corrected chi connectivity index (χ0v) is 12.3. The number of hydrogen-bond donors (Lipinski definition) is 3. The van der Waals surface area contributed by atoms with Crippen LogP contribution in [0.1, 0.15) is 10.5 Å². The number of hydrogen-bond acceptors (Lipinski definition) is 6. The van der Waals surface area contributed by atoms with Crippen LogP contribution in [-0.2, 0) is 10.0 Å². The van der Waals surface area contributed by atoms with E-state index in [2.05, 4.69) is 20.2 Å². The molecule has 0 radical (unpaired) electrons. The number of aromatic nitrogens is 2. The Morgan fingerprint density at radius 1 is 1.29 bits per heavy atom. The fraction of sp³-hybridized carbons (Fsp3) is 0.182. The predicted molar refractivity (Wildman–Crippen MR) is 76.7 cm³/mol. The van der Waals surface area contributed by atoms with Gasteiger partial charge >= 0.3 is 0 Å². The van der Waals surface area contributed by atoms with Gasteiger partial charge in [-0.25, -0.2) is 18.2 Å². The van der Waals surface area contributed by atoms with E-state index in [1.807, 2.05) is 0 Å². The van der Waals surface area contributed by atoms with E-state index in [9.17, 15) is 18.0 Å². The first-order valence-electron chi connectivity index (χ1n) is 5.86. The summed E-state index contributed by atoms with van der Waals surface area (Å²) in [6.45, 7) is 0.152. The number of sulfonamides is 1. The third-order valence-electron chi connectivity index (χ3n) is 2.37. The van der Waals surface area contributed by atoms with Crippen LogP contribution in [0.15, 0.2) is 38.6 Å². The lowest BCUT2D eigenvalue weighted by Gasteiger charge is -2.06. The molecule has 0 aliphatic heterocycles. The highest BCUT2D eigenvalue weighted by Crippen LogP contribution is 2.14. The summed E-state index contributed by atoms with van der Waals surface area (Å²) < 4.78 is 26.1. The summed E-state index contributed by atoms with van der Waals surface area (Å²) in [6, 6.07) is 5.60. The van der Waals surface area contributed by atoms with E-state index in [-0.39, 0.29) is 23.0 Å². The number of carbonyl (C=O) groups is 1. The molecule has 2 rings (SSSR count). The smallest absolute Gasteiger partial charge is 0.271 e. The zero-order valence-electron chi connectivity index (χ0n) is 10.7. The van der Waals surface area contributed by atoms with E-state index >= 15 is 0 Å². The quantitative estimate of drug-likeness (QED) is 0.620. The molecule has 0 fully saturated rings. The van der Waals surface area contributed by atoms with Gasteiger partial charge in [0.1, 0.15) is 9.90 Å². The van der Waals surface area contributed by atoms with Gasteiger partial charge in [0.15, 0.2) is 0 Å². The van der Waals surface area contributed by atoms with Crippen LogP contribution in [0.25, 0.3) is 0 Å². The van der Waals surface area contributed by atoms with Crippen LogP contribution < -0.4 is 15.6 Å². The Kier molecular flexibility index (Phi) is 4.83. The normalized spacial score (nSPS) is 11.2. The van der Waals surface area contributed by atoms with Gasteiger partial charge in [0.2, 0.25) is 10.0 Å². The van der Waals surface area contributed by atoms with Gasteiger partial charge in [0.25, 0.3) is 11.5 Å². The fourth-order valence-corrected chi connectivity index (χ4v) is 3.48. The van der Waals surface area contributed by atoms with E-state index in [0.29, 0.717) is 0 Å². The summed E-state index contributed by atoms with van der Waals surface area (Å²) in [6.07, 6.45) is 0. The van der Waals surface area contributed by atoms with Gasteiger partial charge < -0.3 is 5.32 Å². The van der Waals surface area contributed by atoms with Gasteiger partial charge in [0.05, 0.1) is 0 Å². The van der Waals surface area contributed by atoms with Crippen molar-refractivity contribution in [2.24, 2.45) is 0 Å². The van der Waals surface area contributed by atoms with Crippen molar-refractivity contribution >= 4 is 27.3 Å². The molecule has 0 aromatic carbocycles. The third-order valence-corrected chi connectivity index (χ3v) is 5.23. The second kappa shape index (κ2) is 6.61. The summed E-state index contributed by atoms with van der Waals surface area (Å²) in [5, 5.41) is 9.85. The van der Waals surface area contributed by atoms with Gasteiger partial charge in [-0.05, 0) is 17.5 Å². The molecule has 2 aromatic rings. The number of carbonyl (C=O) groups excluding carboxylic acids is 1. The molecule has 0 saturated heterocycles. The molecule has 0 bridgehead atoms. The van der Waals surface area contributed by atoms with Gasteiger partial charge in [-0.1, -0.05) is 6.07 Å². The monoisotopic (exact) mass is 328 g/mol. The number of nitrogens with zero attached hydrogens (tertiary/aromatic N) is 1. The van der Waals surface area contributed by atoms with E-state index < -0.39 is 21.5 Å². The molecule has 8 nitrogen and oxygen atoms in total.